The second-order valence-electron chi connectivity index (χ2n) is 10.8. The maximum absolute atomic E-state index is 6.73. The zero-order valence-corrected chi connectivity index (χ0v) is 23.7. The van der Waals surface area contributed by atoms with Gasteiger partial charge in [-0.25, -0.2) is 0 Å². The molecule has 6 atom stereocenters. The highest BCUT2D eigenvalue weighted by Gasteiger charge is 2.53. The van der Waals surface area contributed by atoms with Crippen LogP contribution in [0.2, 0.25) is 0 Å². The Morgan fingerprint density at radius 3 is 1.38 bits per heavy atom. The van der Waals surface area contributed by atoms with Crippen LogP contribution >= 0.6 is 0 Å². The van der Waals surface area contributed by atoms with Gasteiger partial charge in [0.25, 0.3) is 0 Å². The van der Waals surface area contributed by atoms with Crippen molar-refractivity contribution < 1.29 is 28.4 Å². The van der Waals surface area contributed by atoms with Gasteiger partial charge in [-0.2, -0.15) is 0 Å². The molecular weight excluding hydrogens is 528 g/mol. The molecule has 0 unspecified atom stereocenters. The van der Waals surface area contributed by atoms with Gasteiger partial charge in [-0.1, -0.05) is 121 Å². The smallest absolute Gasteiger partial charge is 0.116 e. The van der Waals surface area contributed by atoms with E-state index in [9.17, 15) is 0 Å². The predicted octanol–water partition coefficient (Wildman–Crippen LogP) is 6.13. The second-order valence-corrected chi connectivity index (χ2v) is 10.8. The van der Waals surface area contributed by atoms with Crippen LogP contribution in [0.4, 0.5) is 0 Å². The first-order chi connectivity index (χ1) is 20.8. The van der Waals surface area contributed by atoms with Crippen molar-refractivity contribution in [3.63, 3.8) is 0 Å². The fraction of sp³-hybridized carbons (Fsp3) is 0.333. The zero-order valence-electron chi connectivity index (χ0n) is 23.7. The maximum atomic E-state index is 6.73. The largest absolute Gasteiger partial charge is 0.374 e. The third kappa shape index (κ3) is 7.53. The van der Waals surface area contributed by atoms with Crippen LogP contribution < -0.4 is 0 Å². The Kier molecular flexibility index (Phi) is 10.1. The molecule has 42 heavy (non-hydrogen) atoms. The number of rotatable bonds is 13. The van der Waals surface area contributed by atoms with E-state index in [1.54, 1.807) is 0 Å². The van der Waals surface area contributed by atoms with Crippen LogP contribution in [0.25, 0.3) is 0 Å². The molecule has 2 aliphatic heterocycles. The van der Waals surface area contributed by atoms with Crippen LogP contribution in [-0.4, -0.2) is 49.8 Å². The van der Waals surface area contributed by atoms with Gasteiger partial charge in [0.1, 0.15) is 36.6 Å². The molecule has 6 nitrogen and oxygen atoms in total. The first kappa shape index (κ1) is 28.7. The summed E-state index contributed by atoms with van der Waals surface area (Å²) in [6.45, 7) is 2.60. The van der Waals surface area contributed by atoms with Crippen molar-refractivity contribution in [2.75, 3.05) is 13.2 Å². The molecule has 2 heterocycles. The first-order valence-electron chi connectivity index (χ1n) is 14.7. The summed E-state index contributed by atoms with van der Waals surface area (Å²) in [5.74, 6) is 0. The summed E-state index contributed by atoms with van der Waals surface area (Å²) in [6, 6.07) is 40.7. The number of hydrogen-bond acceptors (Lipinski definition) is 6. The highest BCUT2D eigenvalue weighted by Crippen LogP contribution is 2.35. The molecule has 6 heteroatoms. The minimum absolute atomic E-state index is 0.135. The van der Waals surface area contributed by atoms with Gasteiger partial charge in [0.2, 0.25) is 0 Å². The van der Waals surface area contributed by atoms with E-state index in [1.807, 2.05) is 72.8 Å². The van der Waals surface area contributed by atoms with Crippen LogP contribution in [0.3, 0.4) is 0 Å². The molecule has 218 valence electrons. The van der Waals surface area contributed by atoms with Gasteiger partial charge in [0, 0.05) is 0 Å². The maximum Gasteiger partial charge on any atom is 0.116 e. The van der Waals surface area contributed by atoms with E-state index in [0.29, 0.717) is 39.6 Å². The lowest BCUT2D eigenvalue weighted by Crippen LogP contribution is -2.57. The van der Waals surface area contributed by atoms with Crippen molar-refractivity contribution in [2.45, 2.75) is 63.1 Å². The second kappa shape index (κ2) is 14.7. The van der Waals surface area contributed by atoms with Gasteiger partial charge in [-0.05, 0) is 22.3 Å². The average molecular weight is 567 g/mol. The predicted molar refractivity (Wildman–Crippen MR) is 160 cm³/mol. The fourth-order valence-corrected chi connectivity index (χ4v) is 5.48. The highest BCUT2D eigenvalue weighted by molar-refractivity contribution is 5.16. The molecule has 0 radical (unpaired) electrons. The summed E-state index contributed by atoms with van der Waals surface area (Å²) in [4.78, 5) is 0. The van der Waals surface area contributed by atoms with Crippen LogP contribution in [0.1, 0.15) is 22.3 Å². The molecule has 2 saturated heterocycles. The Morgan fingerprint density at radius 2 is 0.929 bits per heavy atom. The summed E-state index contributed by atoms with van der Waals surface area (Å²) in [6.07, 6.45) is -2.09. The van der Waals surface area contributed by atoms with Crippen LogP contribution in [-0.2, 0) is 54.8 Å². The summed E-state index contributed by atoms with van der Waals surface area (Å²) >= 11 is 0. The van der Waals surface area contributed by atoms with Gasteiger partial charge in [-0.3, -0.25) is 0 Å². The molecule has 0 amide bonds. The molecule has 0 saturated carbocycles. The Bertz CT molecular complexity index is 1320. The molecule has 2 fully saturated rings. The highest BCUT2D eigenvalue weighted by atomic mass is 16.7. The van der Waals surface area contributed by atoms with Crippen molar-refractivity contribution in [1.29, 1.82) is 0 Å². The fourth-order valence-electron chi connectivity index (χ4n) is 5.48. The summed E-state index contributed by atoms with van der Waals surface area (Å²) < 4.78 is 39.1. The van der Waals surface area contributed by atoms with Gasteiger partial charge < -0.3 is 28.4 Å². The van der Waals surface area contributed by atoms with E-state index in [0.717, 1.165) is 22.3 Å². The molecular formula is C36H38O6. The number of fused-ring (bicyclic) bond motifs is 1. The molecule has 0 aliphatic carbocycles. The minimum atomic E-state index is -0.460. The van der Waals surface area contributed by atoms with Gasteiger partial charge in [-0.15, -0.1) is 0 Å². The normalized spacial score (nSPS) is 25.2. The van der Waals surface area contributed by atoms with Crippen molar-refractivity contribution >= 4 is 0 Å². The number of ether oxygens (including phenoxy) is 6. The van der Waals surface area contributed by atoms with Crippen LogP contribution in [0, 0.1) is 0 Å². The van der Waals surface area contributed by atoms with Crippen molar-refractivity contribution in [3.05, 3.63) is 144 Å². The monoisotopic (exact) mass is 566 g/mol. The number of benzene rings is 4. The average Bonchev–Trinajstić information content (AvgIpc) is 3.11. The lowest BCUT2D eigenvalue weighted by Gasteiger charge is -2.41. The topological polar surface area (TPSA) is 55.4 Å². The van der Waals surface area contributed by atoms with E-state index in [4.69, 9.17) is 28.4 Å². The molecule has 0 N–H and O–H groups in total. The lowest BCUT2D eigenvalue weighted by atomic mass is 9.95. The van der Waals surface area contributed by atoms with E-state index in [-0.39, 0.29) is 18.3 Å². The molecule has 2 aliphatic rings. The zero-order chi connectivity index (χ0) is 28.4. The Morgan fingerprint density at radius 1 is 0.500 bits per heavy atom. The van der Waals surface area contributed by atoms with Crippen LogP contribution in [0.5, 0.6) is 0 Å². The summed E-state index contributed by atoms with van der Waals surface area (Å²) in [5.41, 5.74) is 4.35. The quantitative estimate of drug-likeness (QED) is 0.194. The molecule has 0 aromatic heterocycles. The molecule has 4 aromatic rings. The SMILES string of the molecule is c1ccc(COC[C@H]2O[C@H]3CO[C@H]3[C@H](OCc3ccccc3)[C@@H](OCc3ccccc3)[C@@H]2OCc2ccccc2)cc1. The van der Waals surface area contributed by atoms with Gasteiger partial charge in [0.15, 0.2) is 0 Å². The third-order valence-electron chi connectivity index (χ3n) is 7.76. The van der Waals surface area contributed by atoms with Gasteiger partial charge >= 0.3 is 0 Å². The van der Waals surface area contributed by atoms with E-state index in [1.165, 1.54) is 0 Å². The Balaban J connectivity index is 1.27. The van der Waals surface area contributed by atoms with Crippen molar-refractivity contribution in [3.8, 4) is 0 Å². The molecule has 4 aromatic carbocycles. The van der Waals surface area contributed by atoms with Crippen LogP contribution in [0.15, 0.2) is 121 Å². The Labute approximate surface area is 248 Å². The summed E-state index contributed by atoms with van der Waals surface area (Å²) in [5, 5.41) is 0. The van der Waals surface area contributed by atoms with Crippen molar-refractivity contribution in [2.24, 2.45) is 0 Å². The van der Waals surface area contributed by atoms with Crippen molar-refractivity contribution in [1.82, 2.24) is 0 Å². The first-order valence-corrected chi connectivity index (χ1v) is 14.7. The molecule has 0 spiro atoms. The van der Waals surface area contributed by atoms with Gasteiger partial charge in [0.05, 0.1) is 39.6 Å². The number of hydrogen-bond donors (Lipinski definition) is 0. The third-order valence-corrected chi connectivity index (χ3v) is 7.76. The standard InChI is InChI=1S/C36H38O6/c1-5-13-27(14-6-1)21-37-25-31-33(38-22-28-15-7-2-8-16-28)35(39-23-29-17-9-3-10-18-29)36(34-32(42-31)26-41-34)40-24-30-19-11-4-12-20-30/h1-20,31-36H,21-26H2/t31-,32+,33-,34-,35+,36+/m1/s1. The molecule has 6 rings (SSSR count). The lowest BCUT2D eigenvalue weighted by molar-refractivity contribution is -0.243. The Hall–Kier alpha value is -3.36. The minimum Gasteiger partial charge on any atom is -0.374 e. The van der Waals surface area contributed by atoms with E-state index >= 15 is 0 Å². The van der Waals surface area contributed by atoms with E-state index in [2.05, 4.69) is 48.5 Å². The summed E-state index contributed by atoms with van der Waals surface area (Å²) in [7, 11) is 0. The van der Waals surface area contributed by atoms with E-state index < -0.39 is 18.3 Å². The molecule has 0 bridgehead atoms.